The number of anilines is 1. The summed E-state index contributed by atoms with van der Waals surface area (Å²) in [6.07, 6.45) is -5.33. The minimum absolute atomic E-state index is 0.313. The van der Waals surface area contributed by atoms with Gasteiger partial charge in [-0.3, -0.25) is 0 Å². The van der Waals surface area contributed by atoms with E-state index in [-0.39, 0.29) is 6.61 Å². The molecule has 1 aromatic rings. The van der Waals surface area contributed by atoms with Gasteiger partial charge in [-0.15, -0.1) is 0 Å². The van der Waals surface area contributed by atoms with Gasteiger partial charge in [0.1, 0.15) is 16.8 Å². The summed E-state index contributed by atoms with van der Waals surface area (Å²) in [4.78, 5) is 27.3. The van der Waals surface area contributed by atoms with Crippen LogP contribution in [-0.4, -0.2) is 36.2 Å². The molecule has 0 fully saturated rings. The van der Waals surface area contributed by atoms with Gasteiger partial charge >= 0.3 is 23.5 Å². The summed E-state index contributed by atoms with van der Waals surface area (Å²) in [7, 11) is 0.820. The summed E-state index contributed by atoms with van der Waals surface area (Å²) >= 11 is 4.91. The fraction of sp³-hybridized carbons (Fsp3) is 0.562. The van der Waals surface area contributed by atoms with Crippen LogP contribution >= 0.6 is 11.6 Å². The van der Waals surface area contributed by atoms with Crippen LogP contribution in [-0.2, 0) is 21.0 Å². The molecule has 28 heavy (non-hydrogen) atoms. The third-order valence-corrected chi connectivity index (χ3v) is 3.28. The SMILES string of the molecule is CCOC(=O)c1c(C(F)(F)F)nc(C(F)(F)Cl)c(C(=O)OC)c1NC(C)(C)C. The first kappa shape index (κ1) is 23.9. The highest BCUT2D eigenvalue weighted by Crippen LogP contribution is 2.43. The average molecular weight is 433 g/mol. The Bertz CT molecular complexity index is 770. The number of ether oxygens (including phenoxy) is 2. The van der Waals surface area contributed by atoms with E-state index in [4.69, 9.17) is 11.6 Å². The number of carbonyl (C=O) groups is 2. The lowest BCUT2D eigenvalue weighted by atomic mass is 9.99. The maximum atomic E-state index is 13.9. The summed E-state index contributed by atoms with van der Waals surface area (Å²) in [6, 6.07) is 0. The van der Waals surface area contributed by atoms with Gasteiger partial charge in [-0.05, 0) is 39.3 Å². The van der Waals surface area contributed by atoms with Gasteiger partial charge in [0.05, 0.1) is 19.4 Å². The van der Waals surface area contributed by atoms with Gasteiger partial charge < -0.3 is 14.8 Å². The lowest BCUT2D eigenvalue weighted by Crippen LogP contribution is -2.33. The number of rotatable bonds is 5. The van der Waals surface area contributed by atoms with Crippen molar-refractivity contribution in [1.82, 2.24) is 4.98 Å². The predicted molar refractivity (Wildman–Crippen MR) is 89.7 cm³/mol. The Labute approximate surface area is 162 Å². The second-order valence-corrected chi connectivity index (χ2v) is 6.99. The lowest BCUT2D eigenvalue weighted by molar-refractivity contribution is -0.142. The Morgan fingerprint density at radius 2 is 1.54 bits per heavy atom. The third kappa shape index (κ3) is 5.43. The number of methoxy groups -OCH3 is 1. The number of esters is 2. The van der Waals surface area contributed by atoms with Crippen molar-refractivity contribution in [3.8, 4) is 0 Å². The lowest BCUT2D eigenvalue weighted by Gasteiger charge is -2.28. The molecule has 0 saturated carbocycles. The third-order valence-electron chi connectivity index (χ3n) is 3.10. The smallest absolute Gasteiger partial charge is 0.434 e. The summed E-state index contributed by atoms with van der Waals surface area (Å²) < 4.78 is 77.4. The van der Waals surface area contributed by atoms with Crippen molar-refractivity contribution in [3.05, 3.63) is 22.5 Å². The van der Waals surface area contributed by atoms with Crippen LogP contribution in [0.25, 0.3) is 0 Å². The van der Waals surface area contributed by atoms with Crippen LogP contribution in [0.3, 0.4) is 0 Å². The van der Waals surface area contributed by atoms with Crippen LogP contribution in [0.4, 0.5) is 27.6 Å². The number of hydrogen-bond donors (Lipinski definition) is 1. The number of nitrogens with one attached hydrogen (secondary N) is 1. The van der Waals surface area contributed by atoms with E-state index >= 15 is 0 Å². The van der Waals surface area contributed by atoms with Gasteiger partial charge in [-0.25, -0.2) is 14.6 Å². The summed E-state index contributed by atoms with van der Waals surface area (Å²) in [5, 5.41) is -2.00. The molecular formula is C16H18ClF5N2O4. The Morgan fingerprint density at radius 3 is 1.89 bits per heavy atom. The highest BCUT2D eigenvalue weighted by atomic mass is 35.5. The molecule has 0 unspecified atom stereocenters. The number of hydrogen-bond acceptors (Lipinski definition) is 6. The first-order chi connectivity index (χ1) is 12.5. The molecule has 12 heteroatoms. The van der Waals surface area contributed by atoms with E-state index in [9.17, 15) is 31.5 Å². The van der Waals surface area contributed by atoms with Crippen molar-refractivity contribution in [2.45, 2.75) is 44.8 Å². The van der Waals surface area contributed by atoms with Crippen LogP contribution < -0.4 is 5.32 Å². The first-order valence-electron chi connectivity index (χ1n) is 7.80. The van der Waals surface area contributed by atoms with Crippen molar-refractivity contribution < 1.29 is 41.0 Å². The highest BCUT2D eigenvalue weighted by molar-refractivity contribution is 6.22. The molecule has 0 amide bonds. The Morgan fingerprint density at radius 1 is 1.04 bits per heavy atom. The van der Waals surface area contributed by atoms with Crippen LogP contribution in [0.15, 0.2) is 0 Å². The molecule has 6 nitrogen and oxygen atoms in total. The van der Waals surface area contributed by atoms with Crippen LogP contribution in [0.5, 0.6) is 0 Å². The number of alkyl halides is 6. The molecule has 0 saturated heterocycles. The molecule has 0 aliphatic rings. The molecule has 1 N–H and O–H groups in total. The van der Waals surface area contributed by atoms with Crippen LogP contribution in [0.1, 0.15) is 59.8 Å². The van der Waals surface area contributed by atoms with Gasteiger partial charge in [0.25, 0.3) is 0 Å². The molecule has 0 aromatic carbocycles. The molecule has 1 rings (SSSR count). The quantitative estimate of drug-likeness (QED) is 0.417. The number of pyridine rings is 1. The molecule has 0 spiro atoms. The van der Waals surface area contributed by atoms with Gasteiger partial charge in [0, 0.05) is 5.54 Å². The molecule has 0 aliphatic carbocycles. The Kier molecular flexibility index (Phi) is 6.87. The normalized spacial score (nSPS) is 12.5. The first-order valence-corrected chi connectivity index (χ1v) is 8.18. The maximum Gasteiger partial charge on any atom is 0.434 e. The van der Waals surface area contributed by atoms with E-state index in [0.29, 0.717) is 0 Å². The standard InChI is InChI=1S/C16H18ClF5N2O4/c1-6-28-13(26)8-9(24-14(2,3)4)7(12(25)27-5)10(15(17,18)19)23-11(8)16(20,21)22/h6H2,1-5H3,(H,23,24). The fourth-order valence-electron chi connectivity index (χ4n) is 2.20. The number of aromatic nitrogens is 1. The number of halogens is 6. The second-order valence-electron chi connectivity index (χ2n) is 6.52. The minimum atomic E-state index is -5.33. The van der Waals surface area contributed by atoms with E-state index in [0.717, 1.165) is 7.11 Å². The van der Waals surface area contributed by atoms with Gasteiger partial charge in [-0.1, -0.05) is 0 Å². The van der Waals surface area contributed by atoms with Gasteiger partial charge in [-0.2, -0.15) is 22.0 Å². The molecule has 0 radical (unpaired) electrons. The molecule has 0 bridgehead atoms. The van der Waals surface area contributed by atoms with E-state index < -0.39 is 57.2 Å². The van der Waals surface area contributed by atoms with Crippen molar-refractivity contribution in [2.24, 2.45) is 0 Å². The highest BCUT2D eigenvalue weighted by Gasteiger charge is 2.47. The zero-order valence-corrected chi connectivity index (χ0v) is 16.3. The summed E-state index contributed by atoms with van der Waals surface area (Å²) in [6.45, 7) is 5.42. The molecule has 0 aliphatic heterocycles. The topological polar surface area (TPSA) is 77.5 Å². The molecule has 0 atom stereocenters. The number of nitrogens with zero attached hydrogens (tertiary/aromatic N) is 1. The summed E-state index contributed by atoms with van der Waals surface area (Å²) in [5.41, 5.74) is -7.93. The largest absolute Gasteiger partial charge is 0.465 e. The Balaban J connectivity index is 4.19. The minimum Gasteiger partial charge on any atom is -0.465 e. The van der Waals surface area contributed by atoms with E-state index in [1.807, 2.05) is 0 Å². The van der Waals surface area contributed by atoms with E-state index in [2.05, 4.69) is 19.8 Å². The average Bonchev–Trinajstić information content (AvgIpc) is 2.49. The fourth-order valence-corrected chi connectivity index (χ4v) is 2.34. The predicted octanol–water partition coefficient (Wildman–Crippen LogP) is 4.56. The van der Waals surface area contributed by atoms with Crippen molar-refractivity contribution in [1.29, 1.82) is 0 Å². The van der Waals surface area contributed by atoms with Crippen molar-refractivity contribution in [2.75, 3.05) is 19.0 Å². The van der Waals surface area contributed by atoms with Crippen molar-refractivity contribution >= 4 is 29.2 Å². The Hall–Kier alpha value is -2.17. The molecule has 1 heterocycles. The maximum absolute atomic E-state index is 13.9. The van der Waals surface area contributed by atoms with Gasteiger partial charge in [0.15, 0.2) is 5.69 Å². The number of carbonyl (C=O) groups excluding carboxylic acids is 2. The molecular weight excluding hydrogens is 415 g/mol. The van der Waals surface area contributed by atoms with Gasteiger partial charge in [0.2, 0.25) is 0 Å². The monoisotopic (exact) mass is 432 g/mol. The second kappa shape index (κ2) is 8.06. The zero-order chi connectivity index (χ0) is 22.1. The summed E-state index contributed by atoms with van der Waals surface area (Å²) in [5.74, 6) is -2.97. The molecule has 1 aromatic heterocycles. The molecule has 158 valence electrons. The van der Waals surface area contributed by atoms with E-state index in [1.165, 1.54) is 27.7 Å². The van der Waals surface area contributed by atoms with Crippen molar-refractivity contribution in [3.63, 3.8) is 0 Å². The van der Waals surface area contributed by atoms with Crippen LogP contribution in [0, 0.1) is 0 Å². The van der Waals surface area contributed by atoms with E-state index in [1.54, 1.807) is 0 Å². The zero-order valence-electron chi connectivity index (χ0n) is 15.6. The van der Waals surface area contributed by atoms with Crippen LogP contribution in [0.2, 0.25) is 0 Å².